The number of nitrogens with one attached hydrogen (secondary N) is 1. The first-order chi connectivity index (χ1) is 10.3. The van der Waals surface area contributed by atoms with Gasteiger partial charge in [0.2, 0.25) is 0 Å². The van der Waals surface area contributed by atoms with Crippen LogP contribution in [0, 0.1) is 0 Å². The van der Waals surface area contributed by atoms with E-state index in [1.54, 1.807) is 7.11 Å². The summed E-state index contributed by atoms with van der Waals surface area (Å²) in [6.45, 7) is 3.69. The van der Waals surface area contributed by atoms with Crippen molar-refractivity contribution in [2.45, 2.75) is 13.1 Å². The van der Waals surface area contributed by atoms with Gasteiger partial charge in [-0.25, -0.2) is 4.98 Å². The Morgan fingerprint density at radius 3 is 2.81 bits per heavy atom. The van der Waals surface area contributed by atoms with Gasteiger partial charge in [-0.05, 0) is 24.3 Å². The van der Waals surface area contributed by atoms with Gasteiger partial charge in [0.15, 0.2) is 0 Å². The minimum absolute atomic E-state index is 0.620. The molecule has 1 aromatic carbocycles. The fraction of sp³-hybridized carbons (Fsp3) is 0.400. The topological polar surface area (TPSA) is 48.3 Å². The molecule has 0 fully saturated rings. The first-order valence-corrected chi connectivity index (χ1v) is 7.66. The molecule has 0 aliphatic carbocycles. The van der Waals surface area contributed by atoms with E-state index < -0.39 is 0 Å². The van der Waals surface area contributed by atoms with Gasteiger partial charge < -0.3 is 19.4 Å². The van der Waals surface area contributed by atoms with Gasteiger partial charge >= 0.3 is 0 Å². The molecular weight excluding hydrogens is 334 g/mol. The highest BCUT2D eigenvalue weighted by molar-refractivity contribution is 9.10. The van der Waals surface area contributed by atoms with Gasteiger partial charge in [0.25, 0.3) is 0 Å². The Balaban J connectivity index is 1.69. The molecule has 6 heteroatoms. The van der Waals surface area contributed by atoms with E-state index in [0.29, 0.717) is 13.2 Å². The molecule has 2 aromatic rings. The first-order valence-electron chi connectivity index (χ1n) is 6.86. The van der Waals surface area contributed by atoms with Gasteiger partial charge in [0.05, 0.1) is 25.2 Å². The third kappa shape index (κ3) is 5.87. The van der Waals surface area contributed by atoms with Crippen LogP contribution in [0.3, 0.4) is 0 Å². The molecule has 0 aliphatic heterocycles. The lowest BCUT2D eigenvalue weighted by atomic mass is 10.3. The highest BCUT2D eigenvalue weighted by Gasteiger charge is 1.99. The fourth-order valence-electron chi connectivity index (χ4n) is 1.81. The van der Waals surface area contributed by atoms with Crippen molar-refractivity contribution >= 4 is 15.9 Å². The fourth-order valence-corrected chi connectivity index (χ4v) is 2.07. The van der Waals surface area contributed by atoms with Crippen LogP contribution in [0.1, 0.15) is 5.69 Å². The van der Waals surface area contributed by atoms with Crippen molar-refractivity contribution in [3.63, 3.8) is 0 Å². The van der Waals surface area contributed by atoms with E-state index in [1.807, 2.05) is 41.4 Å². The second-order valence-electron chi connectivity index (χ2n) is 4.57. The summed E-state index contributed by atoms with van der Waals surface area (Å²) >= 11 is 3.40. The number of ether oxygens (including phenoxy) is 2. The van der Waals surface area contributed by atoms with Crippen LogP contribution in [0.5, 0.6) is 5.75 Å². The molecule has 21 heavy (non-hydrogen) atoms. The smallest absolute Gasteiger partial charge is 0.119 e. The molecule has 0 bridgehead atoms. The van der Waals surface area contributed by atoms with Gasteiger partial charge in [0, 0.05) is 30.9 Å². The largest absolute Gasteiger partial charge is 0.492 e. The Hall–Kier alpha value is -1.37. The zero-order chi connectivity index (χ0) is 14.9. The minimum atomic E-state index is 0.620. The molecule has 0 unspecified atom stereocenters. The average Bonchev–Trinajstić information content (AvgIpc) is 2.94. The molecule has 1 aromatic heterocycles. The lowest BCUT2D eigenvalue weighted by Crippen LogP contribution is -2.18. The van der Waals surface area contributed by atoms with E-state index in [9.17, 15) is 0 Å². The molecule has 0 saturated heterocycles. The lowest BCUT2D eigenvalue weighted by molar-refractivity contribution is 0.199. The van der Waals surface area contributed by atoms with Crippen molar-refractivity contribution in [1.29, 1.82) is 0 Å². The Bertz CT molecular complexity index is 528. The average molecular weight is 354 g/mol. The molecule has 1 heterocycles. The Morgan fingerprint density at radius 2 is 2.05 bits per heavy atom. The van der Waals surface area contributed by atoms with Crippen LogP contribution in [-0.4, -0.2) is 36.4 Å². The summed E-state index contributed by atoms with van der Waals surface area (Å²) in [6, 6.07) is 7.83. The van der Waals surface area contributed by atoms with Crippen LogP contribution in [0.15, 0.2) is 41.3 Å². The summed E-state index contributed by atoms with van der Waals surface area (Å²) in [5.74, 6) is 0.875. The van der Waals surface area contributed by atoms with E-state index in [2.05, 4.69) is 26.2 Å². The van der Waals surface area contributed by atoms with Crippen molar-refractivity contribution in [2.24, 2.45) is 0 Å². The second kappa shape index (κ2) is 8.81. The van der Waals surface area contributed by atoms with Crippen LogP contribution in [-0.2, 0) is 17.8 Å². The van der Waals surface area contributed by atoms with Crippen molar-refractivity contribution in [3.8, 4) is 5.75 Å². The molecular formula is C15H20BrN3O2. The zero-order valence-electron chi connectivity index (χ0n) is 12.1. The molecule has 0 radical (unpaired) electrons. The molecule has 0 aliphatic rings. The van der Waals surface area contributed by atoms with Gasteiger partial charge in [-0.1, -0.05) is 15.9 Å². The monoisotopic (exact) mass is 353 g/mol. The van der Waals surface area contributed by atoms with E-state index >= 15 is 0 Å². The maximum Gasteiger partial charge on any atom is 0.119 e. The molecule has 5 nitrogen and oxygen atoms in total. The molecule has 0 spiro atoms. The van der Waals surface area contributed by atoms with Crippen molar-refractivity contribution < 1.29 is 9.47 Å². The van der Waals surface area contributed by atoms with E-state index in [1.165, 1.54) is 0 Å². The number of benzene rings is 1. The highest BCUT2D eigenvalue weighted by atomic mass is 79.9. The molecule has 114 valence electrons. The molecule has 0 amide bonds. The summed E-state index contributed by atoms with van der Waals surface area (Å²) in [5, 5.41) is 3.27. The number of imidazole rings is 1. The third-order valence-corrected chi connectivity index (χ3v) is 3.44. The molecule has 1 N–H and O–H groups in total. The molecule has 0 atom stereocenters. The number of nitrogens with zero attached hydrogens (tertiary/aromatic N) is 2. The normalized spacial score (nSPS) is 10.8. The van der Waals surface area contributed by atoms with Gasteiger partial charge in [-0.15, -0.1) is 0 Å². The maximum atomic E-state index is 5.69. The number of hydrogen-bond donors (Lipinski definition) is 1. The van der Waals surface area contributed by atoms with Gasteiger partial charge in [0.1, 0.15) is 12.4 Å². The van der Waals surface area contributed by atoms with Crippen LogP contribution in [0.4, 0.5) is 0 Å². The van der Waals surface area contributed by atoms with Gasteiger partial charge in [-0.3, -0.25) is 0 Å². The number of rotatable bonds is 9. The standard InChI is InChI=1S/C15H20BrN3O2/c1-20-8-6-17-10-14-11-19(12-18-14)7-9-21-15-4-2-13(16)3-5-15/h2-5,11-12,17H,6-10H2,1H3. The maximum absolute atomic E-state index is 5.69. The summed E-state index contributed by atoms with van der Waals surface area (Å²) in [4.78, 5) is 4.35. The van der Waals surface area contributed by atoms with E-state index in [-0.39, 0.29) is 0 Å². The first kappa shape index (κ1) is 16.0. The van der Waals surface area contributed by atoms with Crippen LogP contribution in [0.2, 0.25) is 0 Å². The van der Waals surface area contributed by atoms with E-state index in [4.69, 9.17) is 9.47 Å². The molecule has 0 saturated carbocycles. The SMILES string of the molecule is COCCNCc1cn(CCOc2ccc(Br)cc2)cn1. The zero-order valence-corrected chi connectivity index (χ0v) is 13.7. The summed E-state index contributed by atoms with van der Waals surface area (Å²) in [6.07, 6.45) is 3.86. The van der Waals surface area contributed by atoms with Crippen molar-refractivity contribution in [3.05, 3.63) is 47.0 Å². The van der Waals surface area contributed by atoms with Gasteiger partial charge in [-0.2, -0.15) is 0 Å². The Labute approximate surface area is 133 Å². The Kier molecular flexibility index (Phi) is 6.72. The van der Waals surface area contributed by atoms with Crippen LogP contribution < -0.4 is 10.1 Å². The third-order valence-electron chi connectivity index (χ3n) is 2.91. The number of halogens is 1. The summed E-state index contributed by atoms with van der Waals surface area (Å²) in [7, 11) is 1.70. The predicted octanol–water partition coefficient (Wildman–Crippen LogP) is 2.46. The number of methoxy groups -OCH3 is 1. The van der Waals surface area contributed by atoms with E-state index in [0.717, 1.165) is 35.6 Å². The molecule has 2 rings (SSSR count). The minimum Gasteiger partial charge on any atom is -0.492 e. The van der Waals surface area contributed by atoms with Crippen molar-refractivity contribution in [2.75, 3.05) is 26.9 Å². The lowest BCUT2D eigenvalue weighted by Gasteiger charge is -2.06. The summed E-state index contributed by atoms with van der Waals surface area (Å²) in [5.41, 5.74) is 1.02. The summed E-state index contributed by atoms with van der Waals surface area (Å²) < 4.78 is 13.8. The second-order valence-corrected chi connectivity index (χ2v) is 5.49. The Morgan fingerprint density at radius 1 is 1.24 bits per heavy atom. The highest BCUT2D eigenvalue weighted by Crippen LogP contribution is 2.15. The quantitative estimate of drug-likeness (QED) is 0.703. The number of hydrogen-bond acceptors (Lipinski definition) is 4. The predicted molar refractivity (Wildman–Crippen MR) is 85.4 cm³/mol. The van der Waals surface area contributed by atoms with Crippen LogP contribution >= 0.6 is 15.9 Å². The van der Waals surface area contributed by atoms with Crippen molar-refractivity contribution in [1.82, 2.24) is 14.9 Å². The number of aromatic nitrogens is 2. The van der Waals surface area contributed by atoms with Crippen LogP contribution in [0.25, 0.3) is 0 Å².